The third kappa shape index (κ3) is 6.91. The molecule has 3 N–H and O–H groups in total. The summed E-state index contributed by atoms with van der Waals surface area (Å²) in [6.45, 7) is 6.67. The quantitative estimate of drug-likeness (QED) is 0.312. The van der Waals surface area contributed by atoms with Gasteiger partial charge in [0.15, 0.2) is 0 Å². The van der Waals surface area contributed by atoms with Gasteiger partial charge < -0.3 is 25.2 Å². The number of fused-ring (bicyclic) bond motifs is 5. The molecular weight excluding hydrogens is 703 g/mol. The molecule has 3 aromatic rings. The first-order valence-corrected chi connectivity index (χ1v) is 22.6. The molecule has 0 unspecified atom stereocenters. The van der Waals surface area contributed by atoms with E-state index in [0.717, 1.165) is 44.9 Å². The molecule has 3 aromatic carbocycles. The zero-order valence-corrected chi connectivity index (χ0v) is 31.7. The number of hydrogen-bond acceptors (Lipinski definition) is 5. The Kier molecular flexibility index (Phi) is 11.1. The van der Waals surface area contributed by atoms with Gasteiger partial charge >= 0.3 is 121 Å². The standard InChI is InChI=1S/C24H40O5.3C6H5.Sn/c1-13(4-7-21(28)29)16-5-6-17-22-18(12-20(27)24(16,17)3)23(2)9-8-15(25)10-14(23)11-19(22)26;3*1-2-4-6-5-3-1;/h13-20,22,25-27H,4-12H2,1-3H3,(H,28,29);3*1-5H;/q;;;;+1/p-1/t13-,14+,15-,16-,17+,18+,19-,20+,22+,23+,24-;;;;/m1..../s1. The van der Waals surface area contributed by atoms with E-state index in [2.05, 4.69) is 112 Å². The summed E-state index contributed by atoms with van der Waals surface area (Å²) in [6, 6.07) is 32.9. The summed E-state index contributed by atoms with van der Waals surface area (Å²) in [5, 5.41) is 43.9. The van der Waals surface area contributed by atoms with Gasteiger partial charge in [-0.1, -0.05) is 20.8 Å². The molecule has 0 saturated heterocycles. The molecule has 6 heteroatoms. The Hall–Kier alpha value is -2.19. The molecule has 0 spiro atoms. The molecule has 4 aliphatic rings. The molecule has 0 bridgehead atoms. The Labute approximate surface area is 294 Å². The number of rotatable bonds is 7. The average molecular weight is 758 g/mol. The predicted molar refractivity (Wildman–Crippen MR) is 191 cm³/mol. The van der Waals surface area contributed by atoms with Gasteiger partial charge in [-0.3, -0.25) is 0 Å². The molecule has 7 rings (SSSR count). The van der Waals surface area contributed by atoms with Crippen LogP contribution in [0.3, 0.4) is 0 Å². The van der Waals surface area contributed by atoms with Crippen LogP contribution < -0.4 is 15.8 Å². The minimum absolute atomic E-state index is 0.0747. The second kappa shape index (κ2) is 15.0. The monoisotopic (exact) mass is 758 g/mol. The van der Waals surface area contributed by atoms with Crippen molar-refractivity contribution in [3.8, 4) is 0 Å². The maximum absolute atomic E-state index is 11.5. The molecule has 256 valence electrons. The van der Waals surface area contributed by atoms with Crippen LogP contribution >= 0.6 is 0 Å². The van der Waals surface area contributed by atoms with Gasteiger partial charge in [-0.2, -0.15) is 0 Å². The van der Waals surface area contributed by atoms with Crippen LogP contribution in [-0.4, -0.2) is 59.4 Å². The fraction of sp³-hybridized carbons (Fsp3) is 0.548. The fourth-order valence-corrected chi connectivity index (χ4v) is 18.3. The molecular formula is C42H54O5Sn. The van der Waals surface area contributed by atoms with Crippen LogP contribution in [0.15, 0.2) is 91.0 Å². The second-order valence-electron chi connectivity index (χ2n) is 15.9. The van der Waals surface area contributed by atoms with E-state index in [-0.39, 0.29) is 53.1 Å². The van der Waals surface area contributed by atoms with Gasteiger partial charge in [-0.05, 0) is 104 Å². The maximum atomic E-state index is 11.5. The Morgan fingerprint density at radius 1 is 0.792 bits per heavy atom. The third-order valence-electron chi connectivity index (χ3n) is 13.5. The first-order valence-electron chi connectivity index (χ1n) is 18.3. The number of hydrogen-bond donors (Lipinski definition) is 3. The van der Waals surface area contributed by atoms with E-state index in [1.165, 1.54) is 10.7 Å². The zero-order valence-electron chi connectivity index (χ0n) is 28.9. The number of aliphatic carboxylic acids is 1. The summed E-state index contributed by atoms with van der Waals surface area (Å²) in [7, 11) is 0. The number of carboxylic acids is 1. The Morgan fingerprint density at radius 3 is 1.85 bits per heavy atom. The molecule has 4 saturated carbocycles. The average Bonchev–Trinajstić information content (AvgIpc) is 3.45. The number of carboxylic acid groups (broad SMARTS) is 1. The van der Waals surface area contributed by atoms with E-state index in [0.29, 0.717) is 18.3 Å². The first-order chi connectivity index (χ1) is 23.0. The van der Waals surface area contributed by atoms with E-state index in [1.807, 2.05) is 0 Å². The second-order valence-corrected chi connectivity index (χ2v) is 23.0. The van der Waals surface area contributed by atoms with Crippen molar-refractivity contribution in [2.75, 3.05) is 0 Å². The molecule has 0 heterocycles. The topological polar surface area (TPSA) is 101 Å². The molecule has 5 nitrogen and oxygen atoms in total. The predicted octanol–water partition coefficient (Wildman–Crippen LogP) is 4.32. The van der Waals surface area contributed by atoms with Gasteiger partial charge in [-0.25, -0.2) is 0 Å². The number of benzene rings is 3. The van der Waals surface area contributed by atoms with Gasteiger partial charge in [0.25, 0.3) is 0 Å². The third-order valence-corrected chi connectivity index (χ3v) is 21.3. The number of carbonyl (C=O) groups is 1. The summed E-state index contributed by atoms with van der Waals surface area (Å²) in [6.07, 6.45) is 5.72. The Balaban J connectivity index is 0.000000182. The summed E-state index contributed by atoms with van der Waals surface area (Å²) in [5.41, 5.74) is -0.172. The molecule has 0 amide bonds. The number of aliphatic hydroxyl groups is 3. The van der Waals surface area contributed by atoms with E-state index >= 15 is 0 Å². The Morgan fingerprint density at radius 2 is 1.33 bits per heavy atom. The number of aliphatic hydroxyl groups excluding tert-OH is 3. The molecule has 0 radical (unpaired) electrons. The van der Waals surface area contributed by atoms with Crippen LogP contribution in [0.1, 0.15) is 78.6 Å². The molecule has 11 atom stereocenters. The Bertz CT molecular complexity index is 1390. The van der Waals surface area contributed by atoms with Crippen molar-refractivity contribution in [2.24, 2.45) is 46.3 Å². The minimum atomic E-state index is -1.98. The molecule has 4 aliphatic carbocycles. The SMILES string of the molecule is C[C@H](CCC(=O)[O-])[C@H]1CC[C@H]2[C@@H]3[C@H](O)C[C@@H]4C[C@H](O)CC[C@]4(C)[C@H]3C[C@H](O)[C@]12C.c1cc[c]([Sn+]([c]2ccccc2)[c]2ccccc2)cc1. The van der Waals surface area contributed by atoms with Crippen molar-refractivity contribution in [3.05, 3.63) is 91.0 Å². The van der Waals surface area contributed by atoms with E-state index in [9.17, 15) is 25.2 Å². The van der Waals surface area contributed by atoms with Crippen LogP contribution in [-0.2, 0) is 4.79 Å². The van der Waals surface area contributed by atoms with Gasteiger partial charge in [0, 0.05) is 5.97 Å². The van der Waals surface area contributed by atoms with E-state index in [1.54, 1.807) is 0 Å². The van der Waals surface area contributed by atoms with Crippen molar-refractivity contribution in [1.29, 1.82) is 0 Å². The summed E-state index contributed by atoms with van der Waals surface area (Å²) in [5.74, 6) is 0.635. The van der Waals surface area contributed by atoms with Crippen molar-refractivity contribution >= 4 is 36.5 Å². The first kappa shape index (κ1) is 35.6. The summed E-state index contributed by atoms with van der Waals surface area (Å²) >= 11 is -1.98. The van der Waals surface area contributed by atoms with Crippen molar-refractivity contribution in [1.82, 2.24) is 0 Å². The summed E-state index contributed by atoms with van der Waals surface area (Å²) in [4.78, 5) is 11.0. The fourth-order valence-electron chi connectivity index (χ4n) is 11.0. The van der Waals surface area contributed by atoms with Crippen LogP contribution in [0.2, 0.25) is 0 Å². The van der Waals surface area contributed by atoms with Gasteiger partial charge in [0.1, 0.15) is 0 Å². The van der Waals surface area contributed by atoms with Crippen LogP contribution in [0, 0.1) is 46.3 Å². The van der Waals surface area contributed by atoms with Crippen molar-refractivity contribution < 1.29 is 25.2 Å². The van der Waals surface area contributed by atoms with Crippen molar-refractivity contribution in [2.45, 2.75) is 96.9 Å². The number of carbonyl (C=O) groups excluding carboxylic acids is 1. The van der Waals surface area contributed by atoms with Crippen LogP contribution in [0.5, 0.6) is 0 Å². The van der Waals surface area contributed by atoms with E-state index in [4.69, 9.17) is 0 Å². The van der Waals surface area contributed by atoms with Gasteiger partial charge in [-0.15, -0.1) is 0 Å². The molecule has 48 heavy (non-hydrogen) atoms. The van der Waals surface area contributed by atoms with Crippen LogP contribution in [0.4, 0.5) is 0 Å². The van der Waals surface area contributed by atoms with Crippen molar-refractivity contribution in [3.63, 3.8) is 0 Å². The normalized spacial score (nSPS) is 36.0. The van der Waals surface area contributed by atoms with Gasteiger partial charge in [0.2, 0.25) is 0 Å². The molecule has 0 aromatic heterocycles. The van der Waals surface area contributed by atoms with Gasteiger partial charge in [0.05, 0.1) is 18.3 Å². The molecule has 4 fully saturated rings. The molecule has 0 aliphatic heterocycles. The zero-order chi connectivity index (χ0) is 34.1. The summed E-state index contributed by atoms with van der Waals surface area (Å²) < 4.78 is 4.59. The van der Waals surface area contributed by atoms with Crippen LogP contribution in [0.25, 0.3) is 0 Å². The van der Waals surface area contributed by atoms with E-state index < -0.39 is 31.8 Å².